The molecule has 1 atom stereocenters. The maximum absolute atomic E-state index is 12.3. The van der Waals surface area contributed by atoms with Gasteiger partial charge in [0, 0.05) is 18.9 Å². The summed E-state index contributed by atoms with van der Waals surface area (Å²) in [5, 5.41) is 4.03. The number of nitrogens with two attached hydrogens (primary N) is 1. The first-order valence-corrected chi connectivity index (χ1v) is 8.17. The third kappa shape index (κ3) is 4.10. The SMILES string of the molecule is CC(NS(=O)(=O)c1cnn(CCCN)c1)c1ccccn1. The molecule has 0 bridgehead atoms. The molecule has 0 saturated heterocycles. The molecular weight excluding hydrogens is 290 g/mol. The van der Waals surface area contributed by atoms with Crippen LogP contribution in [-0.4, -0.2) is 29.7 Å². The smallest absolute Gasteiger partial charge is 0.244 e. The normalized spacial score (nSPS) is 13.2. The van der Waals surface area contributed by atoms with Gasteiger partial charge in [0.05, 0.1) is 17.9 Å². The molecule has 0 fully saturated rings. The van der Waals surface area contributed by atoms with Crippen LogP contribution in [0.15, 0.2) is 41.7 Å². The van der Waals surface area contributed by atoms with E-state index in [0.29, 0.717) is 18.8 Å². The highest BCUT2D eigenvalue weighted by Gasteiger charge is 2.20. The Bertz CT molecular complexity index is 669. The van der Waals surface area contributed by atoms with E-state index in [9.17, 15) is 8.42 Å². The first-order valence-electron chi connectivity index (χ1n) is 6.68. The number of aromatic nitrogens is 3. The van der Waals surface area contributed by atoms with Gasteiger partial charge in [-0.2, -0.15) is 5.10 Å². The number of pyridine rings is 1. The van der Waals surface area contributed by atoms with Gasteiger partial charge in [-0.05, 0) is 32.0 Å². The van der Waals surface area contributed by atoms with Crippen LogP contribution in [-0.2, 0) is 16.6 Å². The number of sulfonamides is 1. The van der Waals surface area contributed by atoms with Crippen molar-refractivity contribution in [1.82, 2.24) is 19.5 Å². The number of aryl methyl sites for hydroxylation is 1. The van der Waals surface area contributed by atoms with Crippen LogP contribution in [0, 0.1) is 0 Å². The molecule has 1 unspecified atom stereocenters. The van der Waals surface area contributed by atoms with E-state index in [-0.39, 0.29) is 4.90 Å². The summed E-state index contributed by atoms with van der Waals surface area (Å²) in [5.74, 6) is 0. The van der Waals surface area contributed by atoms with Crippen LogP contribution in [0.25, 0.3) is 0 Å². The topological polar surface area (TPSA) is 103 Å². The number of hydrogen-bond acceptors (Lipinski definition) is 5. The fraction of sp³-hybridized carbons (Fsp3) is 0.385. The van der Waals surface area contributed by atoms with E-state index in [1.165, 1.54) is 12.4 Å². The Kier molecular flexibility index (Phi) is 5.05. The molecule has 0 aliphatic heterocycles. The van der Waals surface area contributed by atoms with Crippen LogP contribution in [0.2, 0.25) is 0 Å². The molecule has 8 heteroatoms. The molecule has 2 rings (SSSR count). The van der Waals surface area contributed by atoms with E-state index in [1.807, 2.05) is 6.07 Å². The van der Waals surface area contributed by atoms with E-state index in [2.05, 4.69) is 14.8 Å². The molecule has 0 saturated carbocycles. The van der Waals surface area contributed by atoms with Crippen LogP contribution < -0.4 is 10.5 Å². The Morgan fingerprint density at radius 1 is 1.43 bits per heavy atom. The lowest BCUT2D eigenvalue weighted by Gasteiger charge is -2.12. The van der Waals surface area contributed by atoms with Crippen molar-refractivity contribution in [3.05, 3.63) is 42.5 Å². The van der Waals surface area contributed by atoms with Gasteiger partial charge in [0.2, 0.25) is 10.0 Å². The van der Waals surface area contributed by atoms with Crippen molar-refractivity contribution in [3.8, 4) is 0 Å². The van der Waals surface area contributed by atoms with Crippen LogP contribution in [0.3, 0.4) is 0 Å². The molecule has 3 N–H and O–H groups in total. The molecule has 0 spiro atoms. The third-order valence-electron chi connectivity index (χ3n) is 2.97. The highest BCUT2D eigenvalue weighted by Crippen LogP contribution is 2.14. The van der Waals surface area contributed by atoms with E-state index >= 15 is 0 Å². The second-order valence-corrected chi connectivity index (χ2v) is 6.39. The minimum Gasteiger partial charge on any atom is -0.330 e. The monoisotopic (exact) mass is 309 g/mol. The minimum atomic E-state index is -3.62. The Hall–Kier alpha value is -1.77. The zero-order chi connectivity index (χ0) is 15.3. The molecule has 21 heavy (non-hydrogen) atoms. The quantitative estimate of drug-likeness (QED) is 0.782. The maximum Gasteiger partial charge on any atom is 0.244 e. The first-order chi connectivity index (χ1) is 10.0. The van der Waals surface area contributed by atoms with Crippen LogP contribution >= 0.6 is 0 Å². The number of nitrogens with zero attached hydrogens (tertiary/aromatic N) is 3. The molecule has 0 aliphatic rings. The van der Waals surface area contributed by atoms with Gasteiger partial charge in [-0.15, -0.1) is 0 Å². The third-order valence-corrected chi connectivity index (χ3v) is 4.47. The standard InChI is InChI=1S/C13H19N5O2S/c1-11(13-5-2-3-7-15-13)17-21(19,20)12-9-16-18(10-12)8-4-6-14/h2-3,5,7,9-11,17H,4,6,8,14H2,1H3. The molecule has 2 aromatic rings. The van der Waals surface area contributed by atoms with Crippen molar-refractivity contribution < 1.29 is 8.42 Å². The second kappa shape index (κ2) is 6.79. The fourth-order valence-electron chi connectivity index (χ4n) is 1.85. The number of rotatable bonds is 7. The summed E-state index contributed by atoms with van der Waals surface area (Å²) in [6.45, 7) is 2.89. The van der Waals surface area contributed by atoms with E-state index in [0.717, 1.165) is 6.42 Å². The summed E-state index contributed by atoms with van der Waals surface area (Å²) in [6.07, 6.45) is 5.22. The van der Waals surface area contributed by atoms with Gasteiger partial charge in [0.25, 0.3) is 0 Å². The molecule has 0 amide bonds. The lowest BCUT2D eigenvalue weighted by Crippen LogP contribution is -2.27. The predicted molar refractivity (Wildman–Crippen MR) is 78.9 cm³/mol. The fourth-order valence-corrected chi connectivity index (χ4v) is 3.02. The van der Waals surface area contributed by atoms with Gasteiger partial charge < -0.3 is 5.73 Å². The van der Waals surface area contributed by atoms with E-state index in [1.54, 1.807) is 29.9 Å². The summed E-state index contributed by atoms with van der Waals surface area (Å²) >= 11 is 0. The molecule has 7 nitrogen and oxygen atoms in total. The number of nitrogens with one attached hydrogen (secondary N) is 1. The Morgan fingerprint density at radius 3 is 2.90 bits per heavy atom. The van der Waals surface area contributed by atoms with Crippen molar-refractivity contribution >= 4 is 10.0 Å². The molecule has 0 aromatic carbocycles. The average molecular weight is 309 g/mol. The minimum absolute atomic E-state index is 0.141. The van der Waals surface area contributed by atoms with Crippen LogP contribution in [0.5, 0.6) is 0 Å². The summed E-state index contributed by atoms with van der Waals surface area (Å²) < 4.78 is 28.7. The van der Waals surface area contributed by atoms with Gasteiger partial charge in [-0.1, -0.05) is 6.07 Å². The summed E-state index contributed by atoms with van der Waals surface area (Å²) in [7, 11) is -3.62. The maximum atomic E-state index is 12.3. The lowest BCUT2D eigenvalue weighted by molar-refractivity contribution is 0.562. The van der Waals surface area contributed by atoms with Crippen LogP contribution in [0.1, 0.15) is 25.1 Å². The summed E-state index contributed by atoms with van der Waals surface area (Å²) in [6, 6.07) is 4.96. The Morgan fingerprint density at radius 2 is 2.24 bits per heavy atom. The van der Waals surface area contributed by atoms with E-state index < -0.39 is 16.1 Å². The van der Waals surface area contributed by atoms with Gasteiger partial charge in [-0.3, -0.25) is 9.67 Å². The van der Waals surface area contributed by atoms with Crippen molar-refractivity contribution in [3.63, 3.8) is 0 Å². The summed E-state index contributed by atoms with van der Waals surface area (Å²) in [4.78, 5) is 4.28. The van der Waals surface area contributed by atoms with Crippen molar-refractivity contribution in [2.24, 2.45) is 5.73 Å². The van der Waals surface area contributed by atoms with Crippen LogP contribution in [0.4, 0.5) is 0 Å². The Balaban J connectivity index is 2.09. The van der Waals surface area contributed by atoms with E-state index in [4.69, 9.17) is 5.73 Å². The van der Waals surface area contributed by atoms with Gasteiger partial charge in [0.15, 0.2) is 0 Å². The predicted octanol–water partition coefficient (Wildman–Crippen LogP) is 0.666. The molecule has 0 radical (unpaired) electrons. The average Bonchev–Trinajstić information content (AvgIpc) is 2.95. The summed E-state index contributed by atoms with van der Waals surface area (Å²) in [5.41, 5.74) is 6.08. The first kappa shape index (κ1) is 15.6. The molecular formula is C13H19N5O2S. The molecule has 114 valence electrons. The molecule has 0 aliphatic carbocycles. The zero-order valence-electron chi connectivity index (χ0n) is 11.8. The van der Waals surface area contributed by atoms with Crippen molar-refractivity contribution in [2.75, 3.05) is 6.54 Å². The zero-order valence-corrected chi connectivity index (χ0v) is 12.6. The number of hydrogen-bond donors (Lipinski definition) is 2. The molecule has 2 heterocycles. The lowest BCUT2D eigenvalue weighted by atomic mass is 10.2. The highest BCUT2D eigenvalue weighted by atomic mass is 32.2. The van der Waals surface area contributed by atoms with Gasteiger partial charge >= 0.3 is 0 Å². The van der Waals surface area contributed by atoms with Crippen molar-refractivity contribution in [1.29, 1.82) is 0 Å². The van der Waals surface area contributed by atoms with Crippen molar-refractivity contribution in [2.45, 2.75) is 30.8 Å². The Labute approximate surface area is 124 Å². The van der Waals surface area contributed by atoms with Gasteiger partial charge in [0.1, 0.15) is 4.90 Å². The largest absolute Gasteiger partial charge is 0.330 e. The highest BCUT2D eigenvalue weighted by molar-refractivity contribution is 7.89. The second-order valence-electron chi connectivity index (χ2n) is 4.68. The van der Waals surface area contributed by atoms with Gasteiger partial charge in [-0.25, -0.2) is 13.1 Å². The molecule has 2 aromatic heterocycles.